The molecule has 0 aromatic carbocycles. The molecule has 1 N–H and O–H groups in total. The van der Waals surface area contributed by atoms with Crippen molar-refractivity contribution in [3.05, 3.63) is 0 Å². The van der Waals surface area contributed by atoms with Crippen LogP contribution in [0, 0.1) is 11.3 Å². The minimum Gasteiger partial charge on any atom is -0.319 e. The molecule has 0 aromatic heterocycles. The highest BCUT2D eigenvalue weighted by molar-refractivity contribution is 4.92. The largest absolute Gasteiger partial charge is 0.319 e. The van der Waals surface area contributed by atoms with Gasteiger partial charge in [0.15, 0.2) is 0 Å². The summed E-state index contributed by atoms with van der Waals surface area (Å²) in [7, 11) is 2.09. The predicted molar refractivity (Wildman–Crippen MR) is 74.3 cm³/mol. The monoisotopic (exact) mass is 238 g/mol. The fourth-order valence-corrected chi connectivity index (χ4v) is 3.16. The van der Waals surface area contributed by atoms with Gasteiger partial charge < -0.3 is 5.32 Å². The summed E-state index contributed by atoms with van der Waals surface area (Å²) in [4.78, 5) is 2.81. The lowest BCUT2D eigenvalue weighted by atomic mass is 9.84. The average Bonchev–Trinajstić information content (AvgIpc) is 3.13. The summed E-state index contributed by atoms with van der Waals surface area (Å²) in [6, 6.07) is 0.934. The Morgan fingerprint density at radius 1 is 1.24 bits per heavy atom. The van der Waals surface area contributed by atoms with Crippen LogP contribution in [0.2, 0.25) is 0 Å². The number of nitrogens with zero attached hydrogens (tertiary/aromatic N) is 1. The third-order valence-electron chi connectivity index (χ3n) is 4.29. The van der Waals surface area contributed by atoms with Gasteiger partial charge in [-0.15, -0.1) is 0 Å². The summed E-state index contributed by atoms with van der Waals surface area (Å²) >= 11 is 0. The lowest BCUT2D eigenvalue weighted by molar-refractivity contribution is 0.140. The number of hydrogen-bond acceptors (Lipinski definition) is 2. The molecule has 0 aliphatic heterocycles. The molecule has 0 radical (unpaired) electrons. The molecule has 0 saturated heterocycles. The van der Waals surface area contributed by atoms with Gasteiger partial charge >= 0.3 is 0 Å². The van der Waals surface area contributed by atoms with E-state index in [2.05, 4.69) is 31.1 Å². The second-order valence-electron chi connectivity index (χ2n) is 6.69. The maximum atomic E-state index is 3.40. The normalized spacial score (nSPS) is 24.0. The zero-order valence-electron chi connectivity index (χ0n) is 12.0. The molecule has 2 nitrogen and oxygen atoms in total. The van der Waals surface area contributed by atoms with Gasteiger partial charge in [-0.05, 0) is 50.5 Å². The van der Waals surface area contributed by atoms with Gasteiger partial charge in [-0.3, -0.25) is 4.90 Å². The van der Waals surface area contributed by atoms with Crippen molar-refractivity contribution < 1.29 is 0 Å². The quantitative estimate of drug-likeness (QED) is 0.664. The van der Waals surface area contributed by atoms with E-state index in [9.17, 15) is 0 Å². The maximum Gasteiger partial charge on any atom is 0.00967 e. The van der Waals surface area contributed by atoms with Gasteiger partial charge in [-0.1, -0.05) is 20.3 Å². The van der Waals surface area contributed by atoms with E-state index in [0.717, 1.165) is 18.5 Å². The van der Waals surface area contributed by atoms with E-state index in [1.54, 1.807) is 0 Å². The Morgan fingerprint density at radius 3 is 2.41 bits per heavy atom. The van der Waals surface area contributed by atoms with Gasteiger partial charge in [0.2, 0.25) is 0 Å². The van der Waals surface area contributed by atoms with Crippen molar-refractivity contribution in [1.29, 1.82) is 0 Å². The molecule has 100 valence electrons. The fraction of sp³-hybridized carbons (Fsp3) is 1.00. The molecule has 2 aliphatic rings. The number of rotatable bonds is 9. The Kier molecular flexibility index (Phi) is 4.48. The lowest BCUT2D eigenvalue weighted by Gasteiger charge is -2.36. The molecule has 17 heavy (non-hydrogen) atoms. The summed E-state index contributed by atoms with van der Waals surface area (Å²) < 4.78 is 0. The summed E-state index contributed by atoms with van der Waals surface area (Å²) in [5, 5.41) is 3.40. The Balaban J connectivity index is 1.87. The van der Waals surface area contributed by atoms with Crippen molar-refractivity contribution in [2.75, 3.05) is 26.7 Å². The number of hydrogen-bond donors (Lipinski definition) is 1. The molecule has 2 rings (SSSR count). The molecule has 2 fully saturated rings. The van der Waals surface area contributed by atoms with Crippen molar-refractivity contribution in [1.82, 2.24) is 10.2 Å². The molecule has 2 aliphatic carbocycles. The van der Waals surface area contributed by atoms with Gasteiger partial charge in [0.1, 0.15) is 0 Å². The SMILES string of the molecule is CCCC(C)(CNC)CN(CC1CC1)C1CC1. The number of nitrogens with one attached hydrogen (secondary N) is 1. The van der Waals surface area contributed by atoms with E-state index >= 15 is 0 Å². The van der Waals surface area contributed by atoms with Crippen molar-refractivity contribution in [2.24, 2.45) is 11.3 Å². The molecular formula is C15H30N2. The standard InChI is InChI=1S/C15H30N2/c1-4-9-15(2,11-16-3)12-17(14-7-8-14)10-13-5-6-13/h13-14,16H,4-12H2,1-3H3. The minimum absolute atomic E-state index is 0.473. The molecule has 1 atom stereocenters. The van der Waals surface area contributed by atoms with Crippen LogP contribution in [-0.4, -0.2) is 37.6 Å². The Hall–Kier alpha value is -0.0800. The van der Waals surface area contributed by atoms with E-state index in [0.29, 0.717) is 5.41 Å². The zero-order chi connectivity index (χ0) is 12.3. The maximum absolute atomic E-state index is 3.40. The zero-order valence-corrected chi connectivity index (χ0v) is 12.0. The summed E-state index contributed by atoms with van der Waals surface area (Å²) in [6.45, 7) is 8.64. The van der Waals surface area contributed by atoms with Crippen LogP contribution in [0.5, 0.6) is 0 Å². The summed E-state index contributed by atoms with van der Waals surface area (Å²) in [5.74, 6) is 1.04. The fourth-order valence-electron chi connectivity index (χ4n) is 3.16. The minimum atomic E-state index is 0.473. The second kappa shape index (κ2) is 5.71. The second-order valence-corrected chi connectivity index (χ2v) is 6.69. The smallest absolute Gasteiger partial charge is 0.00967 e. The molecule has 1 unspecified atom stereocenters. The van der Waals surface area contributed by atoms with E-state index < -0.39 is 0 Å². The molecule has 2 saturated carbocycles. The van der Waals surface area contributed by atoms with Gasteiger partial charge in [0.25, 0.3) is 0 Å². The topological polar surface area (TPSA) is 15.3 Å². The highest BCUT2D eigenvalue weighted by Crippen LogP contribution is 2.37. The highest BCUT2D eigenvalue weighted by atomic mass is 15.2. The van der Waals surface area contributed by atoms with E-state index in [1.807, 2.05) is 0 Å². The Labute approximate surface area is 107 Å². The highest BCUT2D eigenvalue weighted by Gasteiger charge is 2.37. The third-order valence-corrected chi connectivity index (χ3v) is 4.29. The predicted octanol–water partition coefficient (Wildman–Crippen LogP) is 2.89. The van der Waals surface area contributed by atoms with Crippen molar-refractivity contribution >= 4 is 0 Å². The van der Waals surface area contributed by atoms with Crippen molar-refractivity contribution in [2.45, 2.75) is 58.4 Å². The van der Waals surface area contributed by atoms with E-state index in [4.69, 9.17) is 0 Å². The third kappa shape index (κ3) is 4.26. The molecule has 0 heterocycles. The lowest BCUT2D eigenvalue weighted by Crippen LogP contribution is -2.43. The van der Waals surface area contributed by atoms with Crippen LogP contribution in [0.3, 0.4) is 0 Å². The van der Waals surface area contributed by atoms with Gasteiger partial charge in [-0.25, -0.2) is 0 Å². The van der Waals surface area contributed by atoms with Gasteiger partial charge in [0.05, 0.1) is 0 Å². The van der Waals surface area contributed by atoms with Crippen LogP contribution >= 0.6 is 0 Å². The first-order valence-corrected chi connectivity index (χ1v) is 7.55. The van der Waals surface area contributed by atoms with E-state index in [1.165, 1.54) is 51.6 Å². The van der Waals surface area contributed by atoms with Crippen LogP contribution in [0.1, 0.15) is 52.4 Å². The first kappa shape index (κ1) is 13.4. The van der Waals surface area contributed by atoms with Crippen LogP contribution in [0.4, 0.5) is 0 Å². The Bertz CT molecular complexity index is 225. The van der Waals surface area contributed by atoms with Crippen LogP contribution in [0.15, 0.2) is 0 Å². The first-order chi connectivity index (χ1) is 8.17. The van der Waals surface area contributed by atoms with Crippen molar-refractivity contribution in [3.8, 4) is 0 Å². The Morgan fingerprint density at radius 2 is 1.94 bits per heavy atom. The molecule has 0 bridgehead atoms. The summed E-state index contributed by atoms with van der Waals surface area (Å²) in [5.41, 5.74) is 0.473. The van der Waals surface area contributed by atoms with Gasteiger partial charge in [-0.2, -0.15) is 0 Å². The molecule has 0 spiro atoms. The first-order valence-electron chi connectivity index (χ1n) is 7.55. The molecule has 2 heteroatoms. The van der Waals surface area contributed by atoms with E-state index in [-0.39, 0.29) is 0 Å². The molecular weight excluding hydrogens is 208 g/mol. The molecule has 0 aromatic rings. The molecule has 0 amide bonds. The van der Waals surface area contributed by atoms with Crippen molar-refractivity contribution in [3.63, 3.8) is 0 Å². The van der Waals surface area contributed by atoms with Crippen LogP contribution < -0.4 is 5.32 Å². The average molecular weight is 238 g/mol. The van der Waals surface area contributed by atoms with Gasteiger partial charge in [0, 0.05) is 25.7 Å². The summed E-state index contributed by atoms with van der Waals surface area (Å²) in [6.07, 6.45) is 8.53. The van der Waals surface area contributed by atoms with Crippen LogP contribution in [-0.2, 0) is 0 Å². The van der Waals surface area contributed by atoms with Crippen LogP contribution in [0.25, 0.3) is 0 Å².